The number of methoxy groups -OCH3 is 1. The van der Waals surface area contributed by atoms with E-state index in [1.807, 2.05) is 12.1 Å². The summed E-state index contributed by atoms with van der Waals surface area (Å²) in [5, 5.41) is 0. The fourth-order valence-electron chi connectivity index (χ4n) is 3.06. The third-order valence-electron chi connectivity index (χ3n) is 4.54. The highest BCUT2D eigenvalue weighted by Crippen LogP contribution is 2.25. The zero-order valence-electron chi connectivity index (χ0n) is 14.2. The average molecular weight is 303 g/mol. The molecule has 122 valence electrons. The van der Waals surface area contributed by atoms with E-state index in [9.17, 15) is 4.79 Å². The monoisotopic (exact) mass is 303 g/mol. The Kier molecular flexibility index (Phi) is 6.44. The van der Waals surface area contributed by atoms with Crippen molar-refractivity contribution in [3.8, 4) is 5.75 Å². The number of carbonyl (C=O) groups is 1. The summed E-state index contributed by atoms with van der Waals surface area (Å²) in [6.45, 7) is 7.43. The topological polar surface area (TPSA) is 29.5 Å². The van der Waals surface area contributed by atoms with Crippen LogP contribution in [0.1, 0.15) is 67.8 Å². The van der Waals surface area contributed by atoms with E-state index >= 15 is 0 Å². The molecule has 0 atom stereocenters. The Balaban J connectivity index is 2.02. The second-order valence-electron chi connectivity index (χ2n) is 6.54. The molecule has 1 aromatic carbocycles. The van der Waals surface area contributed by atoms with Crippen molar-refractivity contribution in [3.63, 3.8) is 0 Å². The van der Waals surface area contributed by atoms with E-state index < -0.39 is 0 Å². The van der Waals surface area contributed by atoms with Crippen molar-refractivity contribution in [3.05, 3.63) is 29.3 Å². The molecule has 0 amide bonds. The minimum absolute atomic E-state index is 0.198. The highest BCUT2D eigenvalue weighted by atomic mass is 16.5. The van der Waals surface area contributed by atoms with Crippen LogP contribution in [0.4, 0.5) is 0 Å². The number of carbonyl (C=O) groups excluding carboxylic acids is 1. The quantitative estimate of drug-likeness (QED) is 0.735. The molecule has 0 aromatic heterocycles. The Bertz CT molecular complexity index is 488. The lowest BCUT2D eigenvalue weighted by atomic mass is 9.97. The van der Waals surface area contributed by atoms with Crippen molar-refractivity contribution in [2.45, 2.75) is 51.9 Å². The summed E-state index contributed by atoms with van der Waals surface area (Å²) >= 11 is 0. The van der Waals surface area contributed by atoms with Gasteiger partial charge < -0.3 is 9.64 Å². The molecule has 0 aliphatic carbocycles. The molecular formula is C19H29NO2. The van der Waals surface area contributed by atoms with E-state index in [0.29, 0.717) is 18.1 Å². The number of Topliss-reactive ketones (excluding diaryl/α,β-unsaturated/α-hetero) is 1. The molecule has 1 aliphatic rings. The van der Waals surface area contributed by atoms with Crippen LogP contribution in [-0.2, 0) is 0 Å². The Morgan fingerprint density at radius 2 is 1.86 bits per heavy atom. The van der Waals surface area contributed by atoms with Crippen LogP contribution in [-0.4, -0.2) is 37.4 Å². The molecule has 3 heteroatoms. The van der Waals surface area contributed by atoms with Gasteiger partial charge in [-0.15, -0.1) is 0 Å². The van der Waals surface area contributed by atoms with Gasteiger partial charge in [0.1, 0.15) is 5.75 Å². The Hall–Kier alpha value is -1.35. The Morgan fingerprint density at radius 1 is 1.18 bits per heavy atom. The van der Waals surface area contributed by atoms with Crippen molar-refractivity contribution < 1.29 is 9.53 Å². The first-order valence-corrected chi connectivity index (χ1v) is 8.55. The molecule has 22 heavy (non-hydrogen) atoms. The van der Waals surface area contributed by atoms with Crippen molar-refractivity contribution in [1.29, 1.82) is 0 Å². The maximum absolute atomic E-state index is 12.6. The summed E-state index contributed by atoms with van der Waals surface area (Å²) in [6, 6.07) is 5.98. The summed E-state index contributed by atoms with van der Waals surface area (Å²) in [6.07, 6.45) is 5.77. The van der Waals surface area contributed by atoms with E-state index in [4.69, 9.17) is 4.74 Å². The fraction of sp³-hybridized carbons (Fsp3) is 0.632. The number of hydrogen-bond donors (Lipinski definition) is 0. The Labute approximate surface area is 134 Å². The molecule has 0 unspecified atom stereocenters. The van der Waals surface area contributed by atoms with Crippen LogP contribution in [0.2, 0.25) is 0 Å². The smallest absolute Gasteiger partial charge is 0.167 e. The fourth-order valence-corrected chi connectivity index (χ4v) is 3.06. The van der Waals surface area contributed by atoms with Crippen LogP contribution in [0.5, 0.6) is 5.75 Å². The first-order valence-electron chi connectivity index (χ1n) is 8.55. The second-order valence-corrected chi connectivity index (χ2v) is 6.54. The van der Waals surface area contributed by atoms with Gasteiger partial charge in [-0.25, -0.2) is 0 Å². The van der Waals surface area contributed by atoms with Gasteiger partial charge >= 0.3 is 0 Å². The summed E-state index contributed by atoms with van der Waals surface area (Å²) in [4.78, 5) is 15.1. The number of benzene rings is 1. The van der Waals surface area contributed by atoms with Crippen molar-refractivity contribution >= 4 is 5.78 Å². The largest absolute Gasteiger partial charge is 0.496 e. The van der Waals surface area contributed by atoms with Gasteiger partial charge in [0.2, 0.25) is 0 Å². The number of ether oxygens (including phenoxy) is 1. The third kappa shape index (κ3) is 4.57. The van der Waals surface area contributed by atoms with Gasteiger partial charge in [0.25, 0.3) is 0 Å². The molecule has 0 spiro atoms. The van der Waals surface area contributed by atoms with E-state index in [-0.39, 0.29) is 5.78 Å². The van der Waals surface area contributed by atoms with Gasteiger partial charge in [0, 0.05) is 13.0 Å². The maximum Gasteiger partial charge on any atom is 0.167 e. The van der Waals surface area contributed by atoms with E-state index in [1.165, 1.54) is 31.2 Å². The lowest BCUT2D eigenvalue weighted by Gasteiger charge is -2.19. The van der Waals surface area contributed by atoms with E-state index in [2.05, 4.69) is 24.8 Å². The van der Waals surface area contributed by atoms with Crippen LogP contribution in [0.25, 0.3) is 0 Å². The summed E-state index contributed by atoms with van der Waals surface area (Å²) < 4.78 is 5.38. The highest BCUT2D eigenvalue weighted by Gasteiger charge is 2.16. The molecule has 1 saturated heterocycles. The van der Waals surface area contributed by atoms with Gasteiger partial charge in [-0.3, -0.25) is 4.79 Å². The van der Waals surface area contributed by atoms with Gasteiger partial charge in [-0.2, -0.15) is 0 Å². The molecule has 1 heterocycles. The second kappa shape index (κ2) is 8.33. The number of likely N-dealkylation sites (tertiary alicyclic amines) is 1. The Morgan fingerprint density at radius 3 is 2.45 bits per heavy atom. The lowest BCUT2D eigenvalue weighted by molar-refractivity contribution is 0.0962. The average Bonchev–Trinajstić information content (AvgIpc) is 2.80. The van der Waals surface area contributed by atoms with Crippen molar-refractivity contribution in [2.24, 2.45) is 0 Å². The standard InChI is InChI=1S/C19H29NO2/c1-15(2)16-8-9-19(22-3)17(14-16)18(21)10-13-20-11-6-4-5-7-12-20/h8-9,14-15H,4-7,10-13H2,1-3H3. The molecule has 0 N–H and O–H groups in total. The van der Waals surface area contributed by atoms with Gasteiger partial charge in [-0.1, -0.05) is 32.8 Å². The van der Waals surface area contributed by atoms with E-state index in [0.717, 1.165) is 25.2 Å². The minimum atomic E-state index is 0.198. The summed E-state index contributed by atoms with van der Waals surface area (Å²) in [5.41, 5.74) is 1.93. The summed E-state index contributed by atoms with van der Waals surface area (Å²) in [5.74, 6) is 1.32. The molecule has 0 radical (unpaired) electrons. The molecule has 2 rings (SSSR count). The minimum Gasteiger partial charge on any atom is -0.496 e. The molecule has 0 bridgehead atoms. The zero-order chi connectivity index (χ0) is 15.9. The van der Waals surface area contributed by atoms with Crippen LogP contribution < -0.4 is 4.74 Å². The van der Waals surface area contributed by atoms with Crippen LogP contribution >= 0.6 is 0 Å². The highest BCUT2D eigenvalue weighted by molar-refractivity contribution is 5.99. The molecule has 3 nitrogen and oxygen atoms in total. The lowest BCUT2D eigenvalue weighted by Crippen LogP contribution is -2.27. The van der Waals surface area contributed by atoms with Gasteiger partial charge in [0.05, 0.1) is 12.7 Å². The van der Waals surface area contributed by atoms with E-state index in [1.54, 1.807) is 7.11 Å². The number of rotatable bonds is 6. The summed E-state index contributed by atoms with van der Waals surface area (Å²) in [7, 11) is 1.63. The van der Waals surface area contributed by atoms with Gasteiger partial charge in [-0.05, 0) is 49.5 Å². The van der Waals surface area contributed by atoms with Gasteiger partial charge in [0.15, 0.2) is 5.78 Å². The predicted octanol–water partition coefficient (Wildman–Crippen LogP) is 4.27. The zero-order valence-corrected chi connectivity index (χ0v) is 14.2. The van der Waals surface area contributed by atoms with Crippen LogP contribution in [0, 0.1) is 0 Å². The number of nitrogens with zero attached hydrogens (tertiary/aromatic N) is 1. The molecule has 0 saturated carbocycles. The SMILES string of the molecule is COc1ccc(C(C)C)cc1C(=O)CCN1CCCCCC1. The van der Waals surface area contributed by atoms with Crippen molar-refractivity contribution in [2.75, 3.05) is 26.7 Å². The van der Waals surface area contributed by atoms with Crippen LogP contribution in [0.3, 0.4) is 0 Å². The molecule has 1 aromatic rings. The predicted molar refractivity (Wildman–Crippen MR) is 90.9 cm³/mol. The number of ketones is 1. The molecule has 1 fully saturated rings. The first kappa shape index (κ1) is 17.0. The number of hydrogen-bond acceptors (Lipinski definition) is 3. The normalized spacial score (nSPS) is 16.5. The third-order valence-corrected chi connectivity index (χ3v) is 4.54. The molecular weight excluding hydrogens is 274 g/mol. The first-order chi connectivity index (χ1) is 10.6. The maximum atomic E-state index is 12.6. The molecule has 1 aliphatic heterocycles. The van der Waals surface area contributed by atoms with Crippen molar-refractivity contribution in [1.82, 2.24) is 4.90 Å². The van der Waals surface area contributed by atoms with Crippen LogP contribution in [0.15, 0.2) is 18.2 Å².